The summed E-state index contributed by atoms with van der Waals surface area (Å²) in [5.41, 5.74) is 2.06. The lowest BCUT2D eigenvalue weighted by atomic mass is 10.1. The molecule has 0 fully saturated rings. The maximum Gasteiger partial charge on any atom is 0.141 e. The van der Waals surface area contributed by atoms with Crippen LogP contribution in [0.2, 0.25) is 5.15 Å². The van der Waals surface area contributed by atoms with Crippen molar-refractivity contribution in [2.45, 2.75) is 6.42 Å². The van der Waals surface area contributed by atoms with E-state index in [4.69, 9.17) is 11.6 Å². The number of fused-ring (bicyclic) bond motifs is 1. The number of allylic oxidation sites excluding steroid dienone is 1. The Balaban J connectivity index is 2.16. The minimum absolute atomic E-state index is 0.0580. The molecule has 1 aliphatic rings. The predicted molar refractivity (Wildman–Crippen MR) is 69.0 cm³/mol. The van der Waals surface area contributed by atoms with Crippen LogP contribution in [0.1, 0.15) is 16.8 Å². The molecule has 0 radical (unpaired) electrons. The number of pyridine rings is 1. The Labute approximate surface area is 108 Å². The smallest absolute Gasteiger partial charge is 0.141 e. The molecule has 2 nitrogen and oxygen atoms in total. The summed E-state index contributed by atoms with van der Waals surface area (Å²) in [6.45, 7) is 0. The highest BCUT2D eigenvalue weighted by atomic mass is 35.5. The number of benzene rings is 1. The fourth-order valence-corrected chi connectivity index (χ4v) is 2.30. The van der Waals surface area contributed by atoms with E-state index < -0.39 is 0 Å². The number of hydrogen-bond donors (Lipinski definition) is 1. The standard InChI is InChI=1S/C14H9ClFNO/c15-12-6-5-11(18)14(17-12)10-7-8-3-1-2-4-9(8)13(10)16/h1-6,18H,7H2. The highest BCUT2D eigenvalue weighted by molar-refractivity contribution is 6.29. The van der Waals surface area contributed by atoms with Crippen molar-refractivity contribution in [1.82, 2.24) is 4.98 Å². The normalized spacial score (nSPS) is 13.9. The van der Waals surface area contributed by atoms with Gasteiger partial charge in [-0.3, -0.25) is 0 Å². The molecule has 0 bridgehead atoms. The molecule has 18 heavy (non-hydrogen) atoms. The second-order valence-corrected chi connectivity index (χ2v) is 4.52. The summed E-state index contributed by atoms with van der Waals surface area (Å²) >= 11 is 5.79. The van der Waals surface area contributed by atoms with Crippen molar-refractivity contribution in [3.63, 3.8) is 0 Å². The average Bonchev–Trinajstić information content (AvgIpc) is 2.71. The van der Waals surface area contributed by atoms with Gasteiger partial charge in [-0.25, -0.2) is 9.37 Å². The molecule has 0 saturated carbocycles. The van der Waals surface area contributed by atoms with Gasteiger partial charge in [0.25, 0.3) is 0 Å². The highest BCUT2D eigenvalue weighted by Crippen LogP contribution is 2.41. The van der Waals surface area contributed by atoms with Gasteiger partial charge in [0, 0.05) is 17.6 Å². The van der Waals surface area contributed by atoms with Gasteiger partial charge in [-0.05, 0) is 17.7 Å². The first-order chi connectivity index (χ1) is 8.66. The van der Waals surface area contributed by atoms with Crippen molar-refractivity contribution >= 4 is 23.0 Å². The van der Waals surface area contributed by atoms with Gasteiger partial charge in [-0.15, -0.1) is 0 Å². The van der Waals surface area contributed by atoms with Crippen molar-refractivity contribution in [3.05, 3.63) is 58.4 Å². The van der Waals surface area contributed by atoms with Gasteiger partial charge in [0.05, 0.1) is 0 Å². The molecule has 1 aliphatic carbocycles. The maximum atomic E-state index is 14.3. The molecule has 1 aromatic heterocycles. The Bertz CT molecular complexity index is 667. The lowest BCUT2D eigenvalue weighted by Crippen LogP contribution is -1.91. The zero-order valence-corrected chi connectivity index (χ0v) is 10.1. The summed E-state index contributed by atoms with van der Waals surface area (Å²) in [5, 5.41) is 10.0. The van der Waals surface area contributed by atoms with Crippen molar-refractivity contribution in [2.24, 2.45) is 0 Å². The molecule has 3 rings (SSSR count). The van der Waals surface area contributed by atoms with E-state index in [0.717, 1.165) is 5.56 Å². The van der Waals surface area contributed by atoms with Crippen molar-refractivity contribution in [2.75, 3.05) is 0 Å². The molecule has 1 N–H and O–H groups in total. The molecule has 4 heteroatoms. The van der Waals surface area contributed by atoms with Gasteiger partial charge in [-0.2, -0.15) is 0 Å². The van der Waals surface area contributed by atoms with Crippen LogP contribution in [0.25, 0.3) is 11.4 Å². The second kappa shape index (κ2) is 4.10. The number of rotatable bonds is 1. The quantitative estimate of drug-likeness (QED) is 0.792. The summed E-state index contributed by atoms with van der Waals surface area (Å²) in [6, 6.07) is 10.1. The molecule has 0 unspecified atom stereocenters. The van der Waals surface area contributed by atoms with Crippen molar-refractivity contribution in [3.8, 4) is 5.75 Å². The maximum absolute atomic E-state index is 14.3. The average molecular weight is 262 g/mol. The van der Waals surface area contributed by atoms with Gasteiger partial charge >= 0.3 is 0 Å². The first-order valence-electron chi connectivity index (χ1n) is 5.49. The number of nitrogens with zero attached hydrogens (tertiary/aromatic N) is 1. The van der Waals surface area contributed by atoms with Gasteiger partial charge in [0.1, 0.15) is 22.4 Å². The summed E-state index contributed by atoms with van der Waals surface area (Å²) in [4.78, 5) is 4.01. The number of hydrogen-bond acceptors (Lipinski definition) is 2. The molecule has 1 heterocycles. The van der Waals surface area contributed by atoms with E-state index in [1.807, 2.05) is 12.1 Å². The Kier molecular flexibility index (Phi) is 2.56. The van der Waals surface area contributed by atoms with E-state index in [1.54, 1.807) is 12.1 Å². The zero-order valence-electron chi connectivity index (χ0n) is 9.32. The van der Waals surface area contributed by atoms with E-state index in [-0.39, 0.29) is 22.4 Å². The number of halogens is 2. The molecule has 2 aromatic rings. The van der Waals surface area contributed by atoms with Gasteiger partial charge in [0.2, 0.25) is 0 Å². The molecular weight excluding hydrogens is 253 g/mol. The third-order valence-corrected chi connectivity index (χ3v) is 3.22. The molecule has 0 aliphatic heterocycles. The molecule has 0 atom stereocenters. The van der Waals surface area contributed by atoms with Crippen LogP contribution >= 0.6 is 11.6 Å². The molecule has 0 saturated heterocycles. The number of aromatic nitrogens is 1. The minimum Gasteiger partial charge on any atom is -0.506 e. The summed E-state index contributed by atoms with van der Waals surface area (Å²) in [6.07, 6.45) is 0.420. The van der Waals surface area contributed by atoms with E-state index in [0.29, 0.717) is 17.6 Å². The lowest BCUT2D eigenvalue weighted by molar-refractivity contribution is 0.470. The van der Waals surface area contributed by atoms with Gasteiger partial charge in [0.15, 0.2) is 0 Å². The van der Waals surface area contributed by atoms with Gasteiger partial charge < -0.3 is 5.11 Å². The Morgan fingerprint density at radius 3 is 2.72 bits per heavy atom. The SMILES string of the molecule is Oc1ccc(Cl)nc1C1=C(F)c2ccccc2C1. The van der Waals surface area contributed by atoms with Crippen LogP contribution in [-0.4, -0.2) is 10.1 Å². The molecule has 1 aromatic carbocycles. The fraction of sp³-hybridized carbons (Fsp3) is 0.0714. The molecular formula is C14H9ClFNO. The highest BCUT2D eigenvalue weighted by Gasteiger charge is 2.25. The monoisotopic (exact) mass is 261 g/mol. The van der Waals surface area contributed by atoms with Crippen LogP contribution in [-0.2, 0) is 6.42 Å². The van der Waals surface area contributed by atoms with Crippen molar-refractivity contribution in [1.29, 1.82) is 0 Å². The van der Waals surface area contributed by atoms with E-state index in [9.17, 15) is 9.50 Å². The summed E-state index contributed by atoms with van der Waals surface area (Å²) in [7, 11) is 0. The lowest BCUT2D eigenvalue weighted by Gasteiger charge is -2.04. The fourth-order valence-electron chi connectivity index (χ4n) is 2.16. The summed E-state index contributed by atoms with van der Waals surface area (Å²) < 4.78 is 14.3. The summed E-state index contributed by atoms with van der Waals surface area (Å²) in [5.74, 6) is -0.395. The van der Waals surface area contributed by atoms with Crippen LogP contribution in [0.4, 0.5) is 4.39 Å². The Hall–Kier alpha value is -1.87. The van der Waals surface area contributed by atoms with Crippen LogP contribution < -0.4 is 0 Å². The Morgan fingerprint density at radius 1 is 1.17 bits per heavy atom. The molecule has 90 valence electrons. The first-order valence-corrected chi connectivity index (χ1v) is 5.87. The van der Waals surface area contributed by atoms with Crippen molar-refractivity contribution < 1.29 is 9.50 Å². The number of aromatic hydroxyl groups is 1. The predicted octanol–water partition coefficient (Wildman–Crippen LogP) is 3.83. The largest absolute Gasteiger partial charge is 0.506 e. The second-order valence-electron chi connectivity index (χ2n) is 4.13. The third kappa shape index (κ3) is 1.68. The third-order valence-electron chi connectivity index (χ3n) is 3.01. The zero-order chi connectivity index (χ0) is 12.7. The minimum atomic E-state index is -0.337. The Morgan fingerprint density at radius 2 is 1.94 bits per heavy atom. The van der Waals surface area contributed by atoms with E-state index in [1.165, 1.54) is 12.1 Å². The van der Waals surface area contributed by atoms with Crippen LogP contribution in [0.5, 0.6) is 5.75 Å². The topological polar surface area (TPSA) is 33.1 Å². The van der Waals surface area contributed by atoms with Gasteiger partial charge in [-0.1, -0.05) is 35.9 Å². The van der Waals surface area contributed by atoms with Crippen LogP contribution in [0, 0.1) is 0 Å². The van der Waals surface area contributed by atoms with Crippen LogP contribution in [0.15, 0.2) is 36.4 Å². The van der Waals surface area contributed by atoms with Crippen LogP contribution in [0.3, 0.4) is 0 Å². The first kappa shape index (κ1) is 11.2. The van der Waals surface area contributed by atoms with E-state index >= 15 is 0 Å². The molecule has 0 spiro atoms. The van der Waals surface area contributed by atoms with E-state index in [2.05, 4.69) is 4.98 Å². The molecule has 0 amide bonds.